The molecule has 158 valence electrons. The molecule has 0 aliphatic heterocycles. The molecule has 2 aromatic carbocycles. The number of fused-ring (bicyclic) bond motifs is 2. The number of hydrogen-bond acceptors (Lipinski definition) is 7. The highest BCUT2D eigenvalue weighted by molar-refractivity contribution is 5.91. The number of hydrogen-bond donors (Lipinski definition) is 1. The molecule has 1 N–H and O–H groups in total. The molecule has 0 unspecified atom stereocenters. The second-order valence-corrected chi connectivity index (χ2v) is 7.64. The molecule has 2 aromatic heterocycles. The van der Waals surface area contributed by atoms with Crippen molar-refractivity contribution in [2.45, 2.75) is 39.9 Å². The van der Waals surface area contributed by atoms with Crippen molar-refractivity contribution >= 4 is 34.0 Å². The highest BCUT2D eigenvalue weighted by atomic mass is 16.5. The normalized spacial score (nSPS) is 11.7. The number of rotatable bonds is 7. The van der Waals surface area contributed by atoms with E-state index in [4.69, 9.17) is 9.47 Å². The molecule has 0 atom stereocenters. The van der Waals surface area contributed by atoms with Crippen LogP contribution in [-0.4, -0.2) is 33.4 Å². The minimum atomic E-state index is -0.0456. The summed E-state index contributed by atoms with van der Waals surface area (Å²) in [6.45, 7) is 7.83. The fourth-order valence-corrected chi connectivity index (χ4v) is 3.05. The Morgan fingerprint density at radius 1 is 0.774 bits per heavy atom. The summed E-state index contributed by atoms with van der Waals surface area (Å²) in [7, 11) is 0. The summed E-state index contributed by atoms with van der Waals surface area (Å²) >= 11 is 0. The summed E-state index contributed by atoms with van der Waals surface area (Å²) in [6.07, 6.45) is 1.62. The molecular weight excluding hydrogens is 390 g/mol. The molecule has 4 aromatic rings. The van der Waals surface area contributed by atoms with Crippen molar-refractivity contribution in [1.82, 2.24) is 15.0 Å². The predicted octanol–water partition coefficient (Wildman–Crippen LogP) is 5.20. The molecule has 2 heterocycles. The van der Waals surface area contributed by atoms with Crippen LogP contribution in [0.15, 0.2) is 59.7 Å². The number of benzene rings is 2. The second-order valence-electron chi connectivity index (χ2n) is 7.64. The van der Waals surface area contributed by atoms with E-state index in [1.807, 2.05) is 82.3 Å². The zero-order valence-corrected chi connectivity index (χ0v) is 18.0. The molecule has 0 aliphatic rings. The standard InChI is InChI=1S/C24H25N5O2/c1-15(2)30-23-18(13-17-9-5-6-10-19(17)27-23)14-25-29-22-24(31-16(3)4)28-21-12-8-7-11-20(21)26-22/h5-16H,1-4H3,(H,26,29)/b25-14-. The Morgan fingerprint density at radius 3 is 2.06 bits per heavy atom. The van der Waals surface area contributed by atoms with E-state index in [9.17, 15) is 0 Å². The van der Waals surface area contributed by atoms with Crippen molar-refractivity contribution in [3.05, 3.63) is 60.2 Å². The lowest BCUT2D eigenvalue weighted by Gasteiger charge is -2.13. The van der Waals surface area contributed by atoms with Crippen LogP contribution in [0.1, 0.15) is 33.3 Å². The summed E-state index contributed by atoms with van der Waals surface area (Å²) in [5.41, 5.74) is 6.13. The first-order valence-corrected chi connectivity index (χ1v) is 10.3. The van der Waals surface area contributed by atoms with Crippen molar-refractivity contribution in [2.24, 2.45) is 5.10 Å². The number of para-hydroxylation sites is 3. The third-order valence-corrected chi connectivity index (χ3v) is 4.32. The van der Waals surface area contributed by atoms with E-state index in [-0.39, 0.29) is 12.2 Å². The van der Waals surface area contributed by atoms with Crippen molar-refractivity contribution < 1.29 is 9.47 Å². The predicted molar refractivity (Wildman–Crippen MR) is 124 cm³/mol. The van der Waals surface area contributed by atoms with Gasteiger partial charge in [0.25, 0.3) is 5.88 Å². The molecule has 7 nitrogen and oxygen atoms in total. The van der Waals surface area contributed by atoms with E-state index in [1.165, 1.54) is 0 Å². The van der Waals surface area contributed by atoms with Crippen molar-refractivity contribution in [3.63, 3.8) is 0 Å². The van der Waals surface area contributed by atoms with Gasteiger partial charge >= 0.3 is 0 Å². The van der Waals surface area contributed by atoms with E-state index in [1.54, 1.807) is 6.21 Å². The number of hydrazone groups is 1. The summed E-state index contributed by atoms with van der Waals surface area (Å²) in [5.74, 6) is 1.38. The molecular formula is C24H25N5O2. The minimum absolute atomic E-state index is 0.00818. The molecule has 7 heteroatoms. The van der Waals surface area contributed by atoms with Crippen LogP contribution < -0.4 is 14.9 Å². The second kappa shape index (κ2) is 8.95. The molecule has 0 radical (unpaired) electrons. The molecule has 4 rings (SSSR count). The van der Waals surface area contributed by atoms with Crippen LogP contribution in [0.4, 0.5) is 5.82 Å². The van der Waals surface area contributed by atoms with E-state index in [0.29, 0.717) is 17.6 Å². The van der Waals surface area contributed by atoms with Gasteiger partial charge in [-0.2, -0.15) is 5.10 Å². The van der Waals surface area contributed by atoms with E-state index in [0.717, 1.165) is 27.5 Å². The topological polar surface area (TPSA) is 81.5 Å². The number of aromatic nitrogens is 3. The number of anilines is 1. The Morgan fingerprint density at radius 2 is 1.35 bits per heavy atom. The monoisotopic (exact) mass is 415 g/mol. The first-order chi connectivity index (χ1) is 15.0. The fraction of sp³-hybridized carbons (Fsp3) is 0.250. The molecule has 31 heavy (non-hydrogen) atoms. The van der Waals surface area contributed by atoms with Gasteiger partial charge in [0.05, 0.1) is 40.5 Å². The molecule has 0 saturated heterocycles. The van der Waals surface area contributed by atoms with Gasteiger partial charge in [-0.25, -0.2) is 15.0 Å². The van der Waals surface area contributed by atoms with Crippen LogP contribution in [0.25, 0.3) is 21.9 Å². The highest BCUT2D eigenvalue weighted by Gasteiger charge is 2.12. The smallest absolute Gasteiger partial charge is 0.260 e. The fourth-order valence-electron chi connectivity index (χ4n) is 3.05. The van der Waals surface area contributed by atoms with Gasteiger partial charge in [-0.1, -0.05) is 30.3 Å². The third kappa shape index (κ3) is 4.88. The Hall–Kier alpha value is -3.74. The van der Waals surface area contributed by atoms with Crippen molar-refractivity contribution in [1.29, 1.82) is 0 Å². The molecule has 0 bridgehead atoms. The van der Waals surface area contributed by atoms with Crippen LogP contribution in [0, 0.1) is 0 Å². The van der Waals surface area contributed by atoms with Gasteiger partial charge in [-0.15, -0.1) is 0 Å². The van der Waals surface area contributed by atoms with Gasteiger partial charge in [-0.3, -0.25) is 5.43 Å². The van der Waals surface area contributed by atoms with Crippen molar-refractivity contribution in [3.8, 4) is 11.8 Å². The Kier molecular flexibility index (Phi) is 5.93. The first kappa shape index (κ1) is 20.5. The quantitative estimate of drug-likeness (QED) is 0.330. The molecule has 0 aliphatic carbocycles. The van der Waals surface area contributed by atoms with Gasteiger partial charge in [0.1, 0.15) is 0 Å². The number of pyridine rings is 1. The lowest BCUT2D eigenvalue weighted by atomic mass is 10.1. The van der Waals surface area contributed by atoms with E-state index < -0.39 is 0 Å². The Balaban J connectivity index is 1.67. The zero-order valence-electron chi connectivity index (χ0n) is 18.0. The summed E-state index contributed by atoms with van der Waals surface area (Å²) in [5, 5.41) is 5.39. The third-order valence-electron chi connectivity index (χ3n) is 4.32. The number of nitrogens with one attached hydrogen (secondary N) is 1. The lowest BCUT2D eigenvalue weighted by Crippen LogP contribution is -2.11. The van der Waals surface area contributed by atoms with Crippen LogP contribution in [0.3, 0.4) is 0 Å². The lowest BCUT2D eigenvalue weighted by molar-refractivity contribution is 0.233. The maximum Gasteiger partial charge on any atom is 0.260 e. The molecule has 0 saturated carbocycles. The molecule has 0 fully saturated rings. The number of nitrogens with zero attached hydrogens (tertiary/aromatic N) is 4. The SMILES string of the molecule is CC(C)Oc1nc2ccccc2cc1/C=N\Nc1nc2ccccc2nc1OC(C)C. The maximum atomic E-state index is 5.91. The average Bonchev–Trinajstić information content (AvgIpc) is 2.73. The molecule has 0 spiro atoms. The van der Waals surface area contributed by atoms with Gasteiger partial charge in [-0.05, 0) is 52.0 Å². The Bertz CT molecular complexity index is 1240. The van der Waals surface area contributed by atoms with Gasteiger partial charge in [0.15, 0.2) is 0 Å². The van der Waals surface area contributed by atoms with Gasteiger partial charge in [0, 0.05) is 5.39 Å². The van der Waals surface area contributed by atoms with E-state index in [2.05, 4.69) is 25.5 Å². The van der Waals surface area contributed by atoms with Gasteiger partial charge < -0.3 is 9.47 Å². The summed E-state index contributed by atoms with van der Waals surface area (Å²) in [6, 6.07) is 17.6. The number of ether oxygens (including phenoxy) is 2. The van der Waals surface area contributed by atoms with Gasteiger partial charge in [0.2, 0.25) is 11.7 Å². The van der Waals surface area contributed by atoms with E-state index >= 15 is 0 Å². The van der Waals surface area contributed by atoms with Crippen molar-refractivity contribution in [2.75, 3.05) is 5.43 Å². The highest BCUT2D eigenvalue weighted by Crippen LogP contribution is 2.25. The van der Waals surface area contributed by atoms with Crippen LogP contribution in [0.5, 0.6) is 11.8 Å². The van der Waals surface area contributed by atoms with Crippen LogP contribution >= 0.6 is 0 Å². The van der Waals surface area contributed by atoms with Crippen LogP contribution in [-0.2, 0) is 0 Å². The minimum Gasteiger partial charge on any atom is -0.474 e. The first-order valence-electron chi connectivity index (χ1n) is 10.3. The largest absolute Gasteiger partial charge is 0.474 e. The van der Waals surface area contributed by atoms with Crippen LogP contribution in [0.2, 0.25) is 0 Å². The molecule has 0 amide bonds. The summed E-state index contributed by atoms with van der Waals surface area (Å²) in [4.78, 5) is 13.8. The summed E-state index contributed by atoms with van der Waals surface area (Å²) < 4.78 is 11.8. The maximum absolute atomic E-state index is 5.91. The Labute approximate surface area is 181 Å². The zero-order chi connectivity index (χ0) is 21.8. The average molecular weight is 415 g/mol.